The zero-order chi connectivity index (χ0) is 8.97. The molecular weight excluding hydrogens is 190 g/mol. The second-order valence-corrected chi connectivity index (χ2v) is 3.59. The first kappa shape index (κ1) is 9.15. The number of aryl methyl sites for hydroxylation is 1. The molecule has 12 heavy (non-hydrogen) atoms. The van der Waals surface area contributed by atoms with Crippen molar-refractivity contribution < 1.29 is 0 Å². The van der Waals surface area contributed by atoms with Crippen molar-refractivity contribution in [2.45, 2.75) is 6.92 Å². The quantitative estimate of drug-likeness (QED) is 0.428. The van der Waals surface area contributed by atoms with Gasteiger partial charge in [-0.2, -0.15) is 5.10 Å². The Morgan fingerprint density at radius 2 is 2.58 bits per heavy atom. The second kappa shape index (κ2) is 4.18. The number of nitrogens with one attached hydrogen (secondary N) is 1. The van der Waals surface area contributed by atoms with Crippen LogP contribution in [0.1, 0.15) is 10.4 Å². The summed E-state index contributed by atoms with van der Waals surface area (Å²) in [4.78, 5) is 1.11. The van der Waals surface area contributed by atoms with Crippen LogP contribution in [0.15, 0.2) is 16.5 Å². The Balaban J connectivity index is 2.57. The summed E-state index contributed by atoms with van der Waals surface area (Å²) in [6, 6.07) is 2.03. The van der Waals surface area contributed by atoms with Gasteiger partial charge < -0.3 is 5.73 Å². The van der Waals surface area contributed by atoms with E-state index in [1.165, 1.54) is 5.56 Å². The molecule has 3 N–H and O–H groups in total. The third-order valence-corrected chi connectivity index (χ3v) is 2.30. The molecule has 0 amide bonds. The average Bonchev–Trinajstić information content (AvgIpc) is 2.36. The fraction of sp³-hybridized carbons (Fsp3) is 0.143. The van der Waals surface area contributed by atoms with E-state index < -0.39 is 0 Å². The van der Waals surface area contributed by atoms with E-state index in [9.17, 15) is 0 Å². The Morgan fingerprint density at radius 1 is 1.83 bits per heavy atom. The molecule has 0 spiro atoms. The maximum atomic E-state index is 5.18. The third-order valence-electron chi connectivity index (χ3n) is 1.26. The highest BCUT2D eigenvalue weighted by Crippen LogP contribution is 2.11. The van der Waals surface area contributed by atoms with Gasteiger partial charge in [0, 0.05) is 4.88 Å². The summed E-state index contributed by atoms with van der Waals surface area (Å²) in [7, 11) is 0. The van der Waals surface area contributed by atoms with Gasteiger partial charge in [0.2, 0.25) is 0 Å². The van der Waals surface area contributed by atoms with Crippen LogP contribution in [0.2, 0.25) is 0 Å². The van der Waals surface area contributed by atoms with E-state index in [4.69, 9.17) is 5.73 Å². The highest BCUT2D eigenvalue weighted by Gasteiger charge is 1.93. The first-order chi connectivity index (χ1) is 5.70. The molecule has 1 rings (SSSR count). The number of hydrazone groups is 1. The van der Waals surface area contributed by atoms with Crippen LogP contribution in [-0.2, 0) is 0 Å². The van der Waals surface area contributed by atoms with Crippen LogP contribution in [0.3, 0.4) is 0 Å². The zero-order valence-corrected chi connectivity index (χ0v) is 8.21. The Hall–Kier alpha value is -0.940. The summed E-state index contributed by atoms with van der Waals surface area (Å²) in [5.74, 6) is 0. The van der Waals surface area contributed by atoms with Crippen LogP contribution >= 0.6 is 23.6 Å². The predicted octanol–water partition coefficient (Wildman–Crippen LogP) is 1.22. The van der Waals surface area contributed by atoms with Gasteiger partial charge in [-0.15, -0.1) is 11.3 Å². The molecule has 0 unspecified atom stereocenters. The lowest BCUT2D eigenvalue weighted by Gasteiger charge is -1.92. The molecule has 1 heterocycles. The molecule has 1 aromatic rings. The van der Waals surface area contributed by atoms with Crippen LogP contribution in [0.4, 0.5) is 0 Å². The fourth-order valence-corrected chi connectivity index (χ4v) is 1.51. The number of thiophene rings is 1. The Bertz CT molecular complexity index is 303. The molecule has 0 aliphatic rings. The number of hydrogen-bond acceptors (Lipinski definition) is 3. The van der Waals surface area contributed by atoms with Crippen LogP contribution in [0.25, 0.3) is 0 Å². The Labute approximate surface area is 80.3 Å². The van der Waals surface area contributed by atoms with Crippen molar-refractivity contribution in [1.29, 1.82) is 0 Å². The van der Waals surface area contributed by atoms with E-state index in [0.29, 0.717) is 0 Å². The van der Waals surface area contributed by atoms with Crippen LogP contribution in [0, 0.1) is 6.92 Å². The van der Waals surface area contributed by atoms with Gasteiger partial charge in [0.1, 0.15) is 0 Å². The number of nitrogens with zero attached hydrogens (tertiary/aromatic N) is 1. The van der Waals surface area contributed by atoms with Crippen LogP contribution in [-0.4, -0.2) is 11.3 Å². The summed E-state index contributed by atoms with van der Waals surface area (Å²) in [5, 5.41) is 6.04. The van der Waals surface area contributed by atoms with E-state index in [1.54, 1.807) is 17.6 Å². The normalized spacial score (nSPS) is 10.4. The smallest absolute Gasteiger partial charge is 0.184 e. The average molecular weight is 199 g/mol. The molecule has 0 aliphatic carbocycles. The van der Waals surface area contributed by atoms with Crippen molar-refractivity contribution in [1.82, 2.24) is 5.43 Å². The van der Waals surface area contributed by atoms with Gasteiger partial charge in [-0.25, -0.2) is 0 Å². The van der Waals surface area contributed by atoms with Gasteiger partial charge in [-0.1, -0.05) is 0 Å². The molecule has 0 bridgehead atoms. The third kappa shape index (κ3) is 2.60. The van der Waals surface area contributed by atoms with Gasteiger partial charge in [0.15, 0.2) is 5.11 Å². The lowest BCUT2D eigenvalue weighted by atomic mass is 10.3. The maximum Gasteiger partial charge on any atom is 0.184 e. The van der Waals surface area contributed by atoms with Crippen molar-refractivity contribution in [3.63, 3.8) is 0 Å². The lowest BCUT2D eigenvalue weighted by molar-refractivity contribution is 1.04. The topological polar surface area (TPSA) is 50.4 Å². The van der Waals surface area contributed by atoms with E-state index in [0.717, 1.165) is 4.88 Å². The number of nitrogens with two attached hydrogens (primary N) is 1. The van der Waals surface area contributed by atoms with Crippen LogP contribution in [0.5, 0.6) is 0 Å². The summed E-state index contributed by atoms with van der Waals surface area (Å²) in [6.45, 7) is 2.03. The highest BCUT2D eigenvalue weighted by molar-refractivity contribution is 7.80. The first-order valence-electron chi connectivity index (χ1n) is 3.33. The van der Waals surface area contributed by atoms with Gasteiger partial charge in [0.05, 0.1) is 6.21 Å². The summed E-state index contributed by atoms with van der Waals surface area (Å²) in [6.07, 6.45) is 1.71. The molecule has 3 nitrogen and oxygen atoms in total. The second-order valence-electron chi connectivity index (χ2n) is 2.20. The molecule has 0 saturated carbocycles. The van der Waals surface area contributed by atoms with E-state index in [-0.39, 0.29) is 5.11 Å². The largest absolute Gasteiger partial charge is 0.375 e. The maximum absolute atomic E-state index is 5.18. The molecule has 0 aliphatic heterocycles. The molecule has 0 atom stereocenters. The summed E-state index contributed by atoms with van der Waals surface area (Å²) >= 11 is 6.21. The minimum absolute atomic E-state index is 0.181. The van der Waals surface area contributed by atoms with Crippen molar-refractivity contribution >= 4 is 34.9 Å². The van der Waals surface area contributed by atoms with Gasteiger partial charge >= 0.3 is 0 Å². The van der Waals surface area contributed by atoms with Crippen molar-refractivity contribution in [3.8, 4) is 0 Å². The molecular formula is C7H9N3S2. The fourth-order valence-electron chi connectivity index (χ4n) is 0.671. The molecule has 0 radical (unpaired) electrons. The lowest BCUT2D eigenvalue weighted by Crippen LogP contribution is -2.23. The number of hydrogen-bond donors (Lipinski definition) is 2. The summed E-state index contributed by atoms with van der Waals surface area (Å²) in [5.41, 5.74) is 8.88. The van der Waals surface area contributed by atoms with Gasteiger partial charge in [0.25, 0.3) is 0 Å². The standard InChI is InChI=1S/C7H9N3S2/c1-5-2-3-12-6(5)4-9-10-7(8)11/h2-4H,1H3,(H3,8,10,11)/b9-4+. The van der Waals surface area contributed by atoms with E-state index >= 15 is 0 Å². The van der Waals surface area contributed by atoms with Gasteiger partial charge in [-0.3, -0.25) is 5.43 Å². The number of rotatable bonds is 2. The minimum atomic E-state index is 0.181. The Morgan fingerprint density at radius 3 is 3.08 bits per heavy atom. The van der Waals surface area contributed by atoms with E-state index in [1.807, 2.05) is 18.4 Å². The number of thiocarbonyl (C=S) groups is 1. The van der Waals surface area contributed by atoms with Crippen molar-refractivity contribution in [2.75, 3.05) is 0 Å². The Kier molecular flexibility index (Phi) is 3.19. The highest BCUT2D eigenvalue weighted by atomic mass is 32.1. The molecule has 5 heteroatoms. The van der Waals surface area contributed by atoms with E-state index in [2.05, 4.69) is 22.7 Å². The predicted molar refractivity (Wildman–Crippen MR) is 56.6 cm³/mol. The molecule has 1 aromatic heterocycles. The molecule has 0 fully saturated rings. The van der Waals surface area contributed by atoms with Gasteiger partial charge in [-0.05, 0) is 36.2 Å². The minimum Gasteiger partial charge on any atom is -0.375 e. The van der Waals surface area contributed by atoms with Crippen molar-refractivity contribution in [2.24, 2.45) is 10.8 Å². The molecule has 0 saturated heterocycles. The SMILES string of the molecule is Cc1ccsc1/C=N/NC(N)=S. The first-order valence-corrected chi connectivity index (χ1v) is 4.61. The zero-order valence-electron chi connectivity index (χ0n) is 6.57. The molecule has 64 valence electrons. The van der Waals surface area contributed by atoms with Crippen LogP contribution < -0.4 is 11.2 Å². The monoisotopic (exact) mass is 199 g/mol. The summed E-state index contributed by atoms with van der Waals surface area (Å²) < 4.78 is 0. The van der Waals surface area contributed by atoms with Crippen molar-refractivity contribution in [3.05, 3.63) is 21.9 Å². The molecule has 0 aromatic carbocycles.